The van der Waals surface area contributed by atoms with Crippen LogP contribution in [0.2, 0.25) is 0 Å². The average Bonchev–Trinajstić information content (AvgIpc) is 2.50. The van der Waals surface area contributed by atoms with Crippen LogP contribution in [-0.4, -0.2) is 38.1 Å². The van der Waals surface area contributed by atoms with Crippen molar-refractivity contribution in [1.29, 1.82) is 0 Å². The first-order valence-electron chi connectivity index (χ1n) is 7.32. The molecule has 1 heterocycles. The zero-order valence-corrected chi connectivity index (χ0v) is 15.5. The number of halogens is 1. The number of nitrogens with zero attached hydrogens (tertiary/aromatic N) is 2. The molecule has 0 amide bonds. The van der Waals surface area contributed by atoms with E-state index in [-0.39, 0.29) is 24.0 Å². The predicted molar refractivity (Wildman–Crippen MR) is 98.6 cm³/mol. The van der Waals surface area contributed by atoms with E-state index in [1.807, 2.05) is 25.2 Å². The van der Waals surface area contributed by atoms with E-state index in [9.17, 15) is 0 Å². The first-order valence-corrected chi connectivity index (χ1v) is 7.32. The van der Waals surface area contributed by atoms with Gasteiger partial charge in [0.25, 0.3) is 0 Å². The molecule has 5 heteroatoms. The van der Waals surface area contributed by atoms with Gasteiger partial charge in [0.2, 0.25) is 0 Å². The summed E-state index contributed by atoms with van der Waals surface area (Å²) in [6.45, 7) is 5.24. The molecule has 21 heavy (non-hydrogen) atoms. The molecule has 4 nitrogen and oxygen atoms in total. The molecule has 1 aromatic carbocycles. The minimum Gasteiger partial charge on any atom is -0.496 e. The van der Waals surface area contributed by atoms with Crippen molar-refractivity contribution < 1.29 is 4.74 Å². The lowest BCUT2D eigenvalue weighted by Gasteiger charge is -2.33. The number of piperidine rings is 1. The lowest BCUT2D eigenvalue weighted by molar-refractivity contribution is 0.273. The number of rotatable bonds is 3. The fourth-order valence-corrected chi connectivity index (χ4v) is 2.58. The van der Waals surface area contributed by atoms with Crippen LogP contribution in [0.15, 0.2) is 29.3 Å². The quantitative estimate of drug-likeness (QED) is 0.479. The summed E-state index contributed by atoms with van der Waals surface area (Å²) in [4.78, 5) is 6.74. The van der Waals surface area contributed by atoms with Gasteiger partial charge in [-0.05, 0) is 24.8 Å². The molecule has 0 radical (unpaired) electrons. The van der Waals surface area contributed by atoms with E-state index >= 15 is 0 Å². The summed E-state index contributed by atoms with van der Waals surface area (Å²) in [5, 5.41) is 3.44. The Kier molecular flexibility index (Phi) is 7.85. The van der Waals surface area contributed by atoms with Crippen molar-refractivity contribution in [2.45, 2.75) is 26.3 Å². The lowest BCUT2D eigenvalue weighted by atomic mass is 9.99. The summed E-state index contributed by atoms with van der Waals surface area (Å²) < 4.78 is 5.38. The fourth-order valence-electron chi connectivity index (χ4n) is 2.58. The molecule has 1 N–H and O–H groups in total. The summed E-state index contributed by atoms with van der Waals surface area (Å²) in [5.41, 5.74) is 1.15. The molecule has 118 valence electrons. The highest BCUT2D eigenvalue weighted by atomic mass is 127. The second kappa shape index (κ2) is 9.12. The molecule has 0 bridgehead atoms. The van der Waals surface area contributed by atoms with Gasteiger partial charge in [-0.25, -0.2) is 0 Å². The van der Waals surface area contributed by atoms with Gasteiger partial charge in [0.05, 0.1) is 7.11 Å². The first-order chi connectivity index (χ1) is 9.74. The van der Waals surface area contributed by atoms with Crippen LogP contribution in [0.3, 0.4) is 0 Å². The fraction of sp³-hybridized carbons (Fsp3) is 0.562. The van der Waals surface area contributed by atoms with E-state index in [2.05, 4.69) is 28.2 Å². The van der Waals surface area contributed by atoms with Crippen molar-refractivity contribution in [2.75, 3.05) is 27.2 Å². The maximum Gasteiger partial charge on any atom is 0.193 e. The SMILES string of the molecule is CN=C(NCc1ccccc1OC)N1CCC(C)CC1.I. The summed E-state index contributed by atoms with van der Waals surface area (Å²) in [5.74, 6) is 2.74. The summed E-state index contributed by atoms with van der Waals surface area (Å²) in [7, 11) is 3.56. The monoisotopic (exact) mass is 403 g/mol. The van der Waals surface area contributed by atoms with Crippen molar-refractivity contribution >= 4 is 29.9 Å². The van der Waals surface area contributed by atoms with Crippen LogP contribution in [-0.2, 0) is 6.54 Å². The number of hydrogen-bond donors (Lipinski definition) is 1. The molecular formula is C16H26IN3O. The molecule has 0 saturated carbocycles. The Balaban J connectivity index is 0.00000220. The Morgan fingerprint density at radius 1 is 1.33 bits per heavy atom. The Morgan fingerprint density at radius 2 is 2.00 bits per heavy atom. The molecule has 1 aromatic rings. The van der Waals surface area contributed by atoms with Crippen molar-refractivity contribution in [3.63, 3.8) is 0 Å². The number of nitrogens with one attached hydrogen (secondary N) is 1. The number of hydrogen-bond acceptors (Lipinski definition) is 2. The van der Waals surface area contributed by atoms with Gasteiger partial charge in [-0.3, -0.25) is 4.99 Å². The van der Waals surface area contributed by atoms with Gasteiger partial charge >= 0.3 is 0 Å². The third-order valence-corrected chi connectivity index (χ3v) is 3.92. The van der Waals surface area contributed by atoms with Gasteiger partial charge in [0, 0.05) is 32.2 Å². The maximum atomic E-state index is 5.38. The Labute approximate surface area is 145 Å². The summed E-state index contributed by atoms with van der Waals surface area (Å²) in [6.07, 6.45) is 2.49. The number of para-hydroxylation sites is 1. The number of methoxy groups -OCH3 is 1. The molecule has 0 spiro atoms. The molecule has 0 aliphatic carbocycles. The summed E-state index contributed by atoms with van der Waals surface area (Å²) in [6, 6.07) is 8.09. The van der Waals surface area contributed by atoms with Crippen LogP contribution >= 0.6 is 24.0 Å². The highest BCUT2D eigenvalue weighted by molar-refractivity contribution is 14.0. The lowest BCUT2D eigenvalue weighted by Crippen LogP contribution is -2.45. The second-order valence-electron chi connectivity index (χ2n) is 5.38. The maximum absolute atomic E-state index is 5.38. The Bertz CT molecular complexity index is 457. The van der Waals surface area contributed by atoms with Crippen molar-refractivity contribution in [2.24, 2.45) is 10.9 Å². The normalized spacial score (nSPS) is 16.3. The van der Waals surface area contributed by atoms with Crippen LogP contribution in [0.5, 0.6) is 5.75 Å². The van der Waals surface area contributed by atoms with Crippen molar-refractivity contribution in [3.8, 4) is 5.75 Å². The first kappa shape index (κ1) is 18.1. The van der Waals surface area contributed by atoms with Crippen LogP contribution in [0, 0.1) is 5.92 Å². The van der Waals surface area contributed by atoms with Crippen molar-refractivity contribution in [1.82, 2.24) is 10.2 Å². The smallest absolute Gasteiger partial charge is 0.193 e. The standard InChI is InChI=1S/C16H25N3O.HI/c1-13-8-10-19(11-9-13)16(17-2)18-12-14-6-4-5-7-15(14)20-3;/h4-7,13H,8-12H2,1-3H3,(H,17,18);1H. The minimum atomic E-state index is 0. The molecule has 0 unspecified atom stereocenters. The number of ether oxygens (including phenoxy) is 1. The largest absolute Gasteiger partial charge is 0.496 e. The highest BCUT2D eigenvalue weighted by Crippen LogP contribution is 2.18. The third-order valence-electron chi connectivity index (χ3n) is 3.92. The van der Waals surface area contributed by atoms with Gasteiger partial charge in [-0.15, -0.1) is 24.0 Å². The van der Waals surface area contributed by atoms with Gasteiger partial charge in [-0.1, -0.05) is 25.1 Å². The zero-order valence-electron chi connectivity index (χ0n) is 13.1. The van der Waals surface area contributed by atoms with E-state index in [4.69, 9.17) is 4.74 Å². The van der Waals surface area contributed by atoms with Gasteiger partial charge < -0.3 is 15.0 Å². The number of benzene rings is 1. The van der Waals surface area contributed by atoms with E-state index in [0.29, 0.717) is 0 Å². The molecule has 1 fully saturated rings. The molecule has 1 saturated heterocycles. The molecule has 1 aliphatic heterocycles. The summed E-state index contributed by atoms with van der Waals surface area (Å²) >= 11 is 0. The molecule has 0 atom stereocenters. The zero-order chi connectivity index (χ0) is 14.4. The van der Waals surface area contributed by atoms with Crippen molar-refractivity contribution in [3.05, 3.63) is 29.8 Å². The van der Waals surface area contributed by atoms with Crippen LogP contribution < -0.4 is 10.1 Å². The number of guanidine groups is 1. The van der Waals surface area contributed by atoms with E-state index in [0.717, 1.165) is 42.8 Å². The molecule has 2 rings (SSSR count). The minimum absolute atomic E-state index is 0. The topological polar surface area (TPSA) is 36.9 Å². The van der Waals surface area contributed by atoms with Crippen LogP contribution in [0.25, 0.3) is 0 Å². The van der Waals surface area contributed by atoms with Crippen LogP contribution in [0.4, 0.5) is 0 Å². The van der Waals surface area contributed by atoms with Gasteiger partial charge in [-0.2, -0.15) is 0 Å². The van der Waals surface area contributed by atoms with Crippen LogP contribution in [0.1, 0.15) is 25.3 Å². The molecular weight excluding hydrogens is 377 g/mol. The van der Waals surface area contributed by atoms with Gasteiger partial charge in [0.15, 0.2) is 5.96 Å². The van der Waals surface area contributed by atoms with E-state index in [1.165, 1.54) is 12.8 Å². The van der Waals surface area contributed by atoms with E-state index in [1.54, 1.807) is 7.11 Å². The number of likely N-dealkylation sites (tertiary alicyclic amines) is 1. The highest BCUT2D eigenvalue weighted by Gasteiger charge is 2.18. The average molecular weight is 403 g/mol. The Hall–Kier alpha value is -0.980. The van der Waals surface area contributed by atoms with Gasteiger partial charge in [0.1, 0.15) is 5.75 Å². The molecule has 1 aliphatic rings. The molecule has 0 aromatic heterocycles. The predicted octanol–water partition coefficient (Wildman–Crippen LogP) is 3.12. The Morgan fingerprint density at radius 3 is 2.62 bits per heavy atom. The number of aliphatic imine (C=N–C) groups is 1. The second-order valence-corrected chi connectivity index (χ2v) is 5.38. The third kappa shape index (κ3) is 5.05. The van der Waals surface area contributed by atoms with E-state index < -0.39 is 0 Å².